The van der Waals surface area contributed by atoms with Crippen LogP contribution in [-0.2, 0) is 9.53 Å². The summed E-state index contributed by atoms with van der Waals surface area (Å²) in [5.74, 6) is -0.241. The maximum absolute atomic E-state index is 11.1. The van der Waals surface area contributed by atoms with Crippen LogP contribution in [0.2, 0.25) is 0 Å². The summed E-state index contributed by atoms with van der Waals surface area (Å²) in [6.07, 6.45) is 2.79. The van der Waals surface area contributed by atoms with Crippen LogP contribution >= 0.6 is 0 Å². The minimum absolute atomic E-state index is 0.349. The molecule has 0 radical (unpaired) electrons. The predicted molar refractivity (Wildman–Crippen MR) is 49.9 cm³/mol. The predicted octanol–water partition coefficient (Wildman–Crippen LogP) is 1.67. The van der Waals surface area contributed by atoms with E-state index in [0.29, 0.717) is 12.3 Å². The van der Waals surface area contributed by atoms with Gasteiger partial charge >= 0.3 is 5.97 Å². The monoisotopic (exact) mass is 187 g/mol. The molecule has 4 heteroatoms. The van der Waals surface area contributed by atoms with Crippen LogP contribution < -0.4 is 0 Å². The Morgan fingerprint density at radius 2 is 2.15 bits per heavy atom. The van der Waals surface area contributed by atoms with Crippen molar-refractivity contribution < 1.29 is 14.7 Å². The van der Waals surface area contributed by atoms with Crippen LogP contribution in [0, 0.1) is 11.8 Å². The van der Waals surface area contributed by atoms with Crippen LogP contribution in [0.3, 0.4) is 0 Å². The number of carbonyl (C=O) groups excluding carboxylic acids is 1. The standard InChI is InChI=1S/C9H17NO3/c1-7(2)4-5-8(6-10-12)9(11)13-3/h6-8,12H,4-5H2,1-3H3/b10-6-. The van der Waals surface area contributed by atoms with Crippen molar-refractivity contribution in [1.29, 1.82) is 0 Å². The molecule has 1 unspecified atom stereocenters. The van der Waals surface area contributed by atoms with Gasteiger partial charge in [0.05, 0.1) is 19.2 Å². The van der Waals surface area contributed by atoms with Crippen molar-refractivity contribution in [3.63, 3.8) is 0 Å². The molecule has 0 saturated heterocycles. The molecule has 0 fully saturated rings. The fourth-order valence-corrected chi connectivity index (χ4v) is 0.998. The number of methoxy groups -OCH3 is 1. The third-order valence-electron chi connectivity index (χ3n) is 1.81. The van der Waals surface area contributed by atoms with E-state index < -0.39 is 5.92 Å². The molecule has 0 amide bonds. The lowest BCUT2D eigenvalue weighted by Gasteiger charge is -2.10. The fourth-order valence-electron chi connectivity index (χ4n) is 0.998. The zero-order valence-corrected chi connectivity index (χ0v) is 8.36. The van der Waals surface area contributed by atoms with Gasteiger partial charge in [-0.2, -0.15) is 0 Å². The maximum atomic E-state index is 11.1. The van der Waals surface area contributed by atoms with Gasteiger partial charge in [0.25, 0.3) is 0 Å². The van der Waals surface area contributed by atoms with Gasteiger partial charge in [-0.1, -0.05) is 13.8 Å². The molecular formula is C9H17NO3. The van der Waals surface area contributed by atoms with E-state index >= 15 is 0 Å². The van der Waals surface area contributed by atoms with Crippen molar-refractivity contribution in [1.82, 2.24) is 0 Å². The quantitative estimate of drug-likeness (QED) is 0.308. The summed E-state index contributed by atoms with van der Waals surface area (Å²) in [5, 5.41) is 11.2. The number of rotatable bonds is 5. The first-order valence-corrected chi connectivity index (χ1v) is 4.37. The lowest BCUT2D eigenvalue weighted by molar-refractivity contribution is -0.143. The van der Waals surface area contributed by atoms with Gasteiger partial charge in [-0.3, -0.25) is 4.79 Å². The second kappa shape index (κ2) is 6.46. The zero-order chi connectivity index (χ0) is 10.3. The highest BCUT2D eigenvalue weighted by molar-refractivity contribution is 5.89. The number of ether oxygens (including phenoxy) is 1. The largest absolute Gasteiger partial charge is 0.469 e. The Labute approximate surface area is 78.6 Å². The van der Waals surface area contributed by atoms with E-state index in [2.05, 4.69) is 23.7 Å². The van der Waals surface area contributed by atoms with E-state index in [4.69, 9.17) is 5.21 Å². The average Bonchev–Trinajstić information content (AvgIpc) is 2.10. The van der Waals surface area contributed by atoms with E-state index in [1.807, 2.05) is 0 Å². The Hall–Kier alpha value is -1.06. The molecule has 0 aliphatic heterocycles. The molecule has 13 heavy (non-hydrogen) atoms. The summed E-state index contributed by atoms with van der Waals surface area (Å²) in [5.41, 5.74) is 0. The number of carbonyl (C=O) groups is 1. The summed E-state index contributed by atoms with van der Waals surface area (Å²) in [6, 6.07) is 0. The number of hydrogen-bond donors (Lipinski definition) is 1. The van der Waals surface area contributed by atoms with E-state index in [-0.39, 0.29) is 5.97 Å². The van der Waals surface area contributed by atoms with Gasteiger partial charge in [-0.05, 0) is 18.8 Å². The number of hydrogen-bond acceptors (Lipinski definition) is 4. The molecule has 0 aromatic rings. The average molecular weight is 187 g/mol. The van der Waals surface area contributed by atoms with Gasteiger partial charge in [0, 0.05) is 0 Å². The second-order valence-electron chi connectivity index (χ2n) is 3.37. The molecule has 0 spiro atoms. The third-order valence-corrected chi connectivity index (χ3v) is 1.81. The second-order valence-corrected chi connectivity index (χ2v) is 3.37. The zero-order valence-electron chi connectivity index (χ0n) is 8.36. The molecular weight excluding hydrogens is 170 g/mol. The number of oxime groups is 1. The number of esters is 1. The lowest BCUT2D eigenvalue weighted by atomic mass is 9.99. The molecule has 4 nitrogen and oxygen atoms in total. The molecule has 0 aromatic carbocycles. The highest BCUT2D eigenvalue weighted by atomic mass is 16.5. The smallest absolute Gasteiger partial charge is 0.314 e. The van der Waals surface area contributed by atoms with Crippen LogP contribution in [0.1, 0.15) is 26.7 Å². The first-order chi connectivity index (χ1) is 6.11. The summed E-state index contributed by atoms with van der Waals surface area (Å²) in [7, 11) is 1.33. The van der Waals surface area contributed by atoms with Crippen molar-refractivity contribution in [3.05, 3.63) is 0 Å². The summed E-state index contributed by atoms with van der Waals surface area (Å²) in [6.45, 7) is 4.15. The van der Waals surface area contributed by atoms with E-state index in [1.54, 1.807) is 0 Å². The fraction of sp³-hybridized carbons (Fsp3) is 0.778. The van der Waals surface area contributed by atoms with Crippen molar-refractivity contribution >= 4 is 12.2 Å². The topological polar surface area (TPSA) is 58.9 Å². The van der Waals surface area contributed by atoms with Gasteiger partial charge in [0.1, 0.15) is 0 Å². The molecule has 0 rings (SSSR count). The molecule has 0 aliphatic rings. The third kappa shape index (κ3) is 5.22. The van der Waals surface area contributed by atoms with E-state index in [0.717, 1.165) is 6.42 Å². The lowest BCUT2D eigenvalue weighted by Crippen LogP contribution is -2.18. The Kier molecular flexibility index (Phi) is 5.93. The van der Waals surface area contributed by atoms with Gasteiger partial charge in [0.15, 0.2) is 0 Å². The highest BCUT2D eigenvalue weighted by Crippen LogP contribution is 2.11. The molecule has 0 bridgehead atoms. The Balaban J connectivity index is 4.02. The minimum atomic E-state index is -0.419. The van der Waals surface area contributed by atoms with Gasteiger partial charge in [-0.15, -0.1) is 5.16 Å². The summed E-state index contributed by atoms with van der Waals surface area (Å²) >= 11 is 0. The molecule has 0 heterocycles. The Morgan fingerprint density at radius 3 is 2.54 bits per heavy atom. The van der Waals surface area contributed by atoms with Crippen molar-refractivity contribution in [3.8, 4) is 0 Å². The molecule has 0 aliphatic carbocycles. The van der Waals surface area contributed by atoms with E-state index in [9.17, 15) is 4.79 Å². The van der Waals surface area contributed by atoms with Crippen LogP contribution in [0.4, 0.5) is 0 Å². The van der Waals surface area contributed by atoms with Gasteiger partial charge < -0.3 is 9.94 Å². The molecule has 1 atom stereocenters. The van der Waals surface area contributed by atoms with E-state index in [1.165, 1.54) is 13.3 Å². The van der Waals surface area contributed by atoms with Crippen molar-refractivity contribution in [2.24, 2.45) is 17.0 Å². The molecule has 0 aromatic heterocycles. The van der Waals surface area contributed by atoms with Crippen LogP contribution in [0.25, 0.3) is 0 Å². The molecule has 76 valence electrons. The van der Waals surface area contributed by atoms with Crippen LogP contribution in [0.15, 0.2) is 5.16 Å². The molecule has 1 N–H and O–H groups in total. The SMILES string of the molecule is COC(=O)C(/C=N\O)CCC(C)C. The normalized spacial score (nSPS) is 13.5. The van der Waals surface area contributed by atoms with Gasteiger partial charge in [-0.25, -0.2) is 0 Å². The van der Waals surface area contributed by atoms with Gasteiger partial charge in [0.2, 0.25) is 0 Å². The maximum Gasteiger partial charge on any atom is 0.314 e. The first kappa shape index (κ1) is 11.9. The Morgan fingerprint density at radius 1 is 1.54 bits per heavy atom. The van der Waals surface area contributed by atoms with Crippen LogP contribution in [0.5, 0.6) is 0 Å². The first-order valence-electron chi connectivity index (χ1n) is 4.37. The summed E-state index contributed by atoms with van der Waals surface area (Å²) in [4.78, 5) is 11.1. The highest BCUT2D eigenvalue weighted by Gasteiger charge is 2.17. The Bertz CT molecular complexity index is 178. The summed E-state index contributed by atoms with van der Waals surface area (Å²) < 4.78 is 4.56. The van der Waals surface area contributed by atoms with Crippen LogP contribution in [-0.4, -0.2) is 24.5 Å². The van der Waals surface area contributed by atoms with Crippen molar-refractivity contribution in [2.45, 2.75) is 26.7 Å². The molecule has 0 saturated carbocycles. The van der Waals surface area contributed by atoms with Crippen molar-refractivity contribution in [2.75, 3.05) is 7.11 Å². The minimum Gasteiger partial charge on any atom is -0.469 e. The number of nitrogens with zero attached hydrogens (tertiary/aromatic N) is 1.